The first kappa shape index (κ1) is 22.3. The van der Waals surface area contributed by atoms with Gasteiger partial charge >= 0.3 is 6.18 Å². The minimum absolute atomic E-state index is 0.201. The van der Waals surface area contributed by atoms with E-state index in [1.165, 1.54) is 12.1 Å². The number of alkyl halides is 3. The second-order valence-corrected chi connectivity index (χ2v) is 6.06. The van der Waals surface area contributed by atoms with Crippen molar-refractivity contribution in [1.82, 2.24) is 10.3 Å². The first-order chi connectivity index (χ1) is 13.7. The summed E-state index contributed by atoms with van der Waals surface area (Å²) in [6.07, 6.45) is -3.29. The largest absolute Gasteiger partial charge is 0.490 e. The molecule has 29 heavy (non-hydrogen) atoms. The number of benzene rings is 1. The smallest absolute Gasteiger partial charge is 0.422 e. The van der Waals surface area contributed by atoms with Gasteiger partial charge < -0.3 is 19.5 Å². The fourth-order valence-electron chi connectivity index (χ4n) is 2.46. The van der Waals surface area contributed by atoms with Crippen molar-refractivity contribution in [2.24, 2.45) is 0 Å². The lowest BCUT2D eigenvalue weighted by Gasteiger charge is -2.17. The number of halogens is 3. The van der Waals surface area contributed by atoms with Crippen LogP contribution in [-0.4, -0.2) is 36.9 Å². The van der Waals surface area contributed by atoms with Crippen molar-refractivity contribution in [2.75, 3.05) is 19.8 Å². The Morgan fingerprint density at radius 3 is 2.34 bits per heavy atom. The molecule has 0 saturated carbocycles. The lowest BCUT2D eigenvalue weighted by atomic mass is 10.1. The molecule has 1 aromatic carbocycles. The number of hydrogen-bond donors (Lipinski definition) is 1. The summed E-state index contributed by atoms with van der Waals surface area (Å²) in [6.45, 7) is 5.07. The summed E-state index contributed by atoms with van der Waals surface area (Å²) < 4.78 is 52.1. The zero-order valence-electron chi connectivity index (χ0n) is 16.4. The van der Waals surface area contributed by atoms with Crippen LogP contribution in [-0.2, 0) is 0 Å². The van der Waals surface area contributed by atoms with Gasteiger partial charge in [-0.15, -0.1) is 0 Å². The summed E-state index contributed by atoms with van der Waals surface area (Å²) in [7, 11) is 0. The molecule has 0 aliphatic carbocycles. The van der Waals surface area contributed by atoms with Crippen molar-refractivity contribution < 1.29 is 32.2 Å². The number of hydrogen-bond acceptors (Lipinski definition) is 5. The van der Waals surface area contributed by atoms with Gasteiger partial charge in [0.25, 0.3) is 5.91 Å². The van der Waals surface area contributed by atoms with Gasteiger partial charge in [0.2, 0.25) is 5.88 Å². The molecule has 0 spiro atoms. The van der Waals surface area contributed by atoms with E-state index in [-0.39, 0.29) is 17.5 Å². The van der Waals surface area contributed by atoms with Crippen LogP contribution in [0.15, 0.2) is 36.5 Å². The Balaban J connectivity index is 2.03. The number of rotatable bonds is 9. The Bertz CT molecular complexity index is 810. The lowest BCUT2D eigenvalue weighted by molar-refractivity contribution is -0.154. The molecular formula is C20H23F3N2O4. The highest BCUT2D eigenvalue weighted by Gasteiger charge is 2.28. The molecule has 2 aromatic rings. The molecule has 1 unspecified atom stereocenters. The van der Waals surface area contributed by atoms with Crippen molar-refractivity contribution in [3.8, 4) is 17.4 Å². The third kappa shape index (κ3) is 6.85. The van der Waals surface area contributed by atoms with Crippen molar-refractivity contribution >= 4 is 5.91 Å². The standard InChI is InChI=1S/C20H23F3N2O4/c1-4-27-16-8-6-14(10-17(16)28-5-2)13(3)25-19(26)15-7-9-18(24-11-15)29-12-20(21,22)23/h6-11,13H,4-5,12H2,1-3H3,(H,25,26). The fraction of sp³-hybridized carbons (Fsp3) is 0.400. The number of carbonyl (C=O) groups excluding carboxylic acids is 1. The monoisotopic (exact) mass is 412 g/mol. The van der Waals surface area contributed by atoms with Crippen LogP contribution < -0.4 is 19.5 Å². The highest BCUT2D eigenvalue weighted by Crippen LogP contribution is 2.30. The Morgan fingerprint density at radius 2 is 1.76 bits per heavy atom. The molecule has 0 aliphatic rings. The predicted octanol–water partition coefficient (Wildman–Crippen LogP) is 4.31. The average Bonchev–Trinajstić information content (AvgIpc) is 2.68. The molecule has 158 valence electrons. The van der Waals surface area contributed by atoms with Crippen molar-refractivity contribution in [2.45, 2.75) is 33.0 Å². The first-order valence-electron chi connectivity index (χ1n) is 9.09. The number of carbonyl (C=O) groups is 1. The van der Waals surface area contributed by atoms with E-state index >= 15 is 0 Å². The first-order valence-corrected chi connectivity index (χ1v) is 9.09. The van der Waals surface area contributed by atoms with Crippen LogP contribution in [0.2, 0.25) is 0 Å². The van der Waals surface area contributed by atoms with Crippen LogP contribution in [0.5, 0.6) is 17.4 Å². The second-order valence-electron chi connectivity index (χ2n) is 6.06. The Hall–Kier alpha value is -2.97. The van der Waals surface area contributed by atoms with Crippen molar-refractivity contribution in [1.29, 1.82) is 0 Å². The Labute approximate surface area is 167 Å². The van der Waals surface area contributed by atoms with Gasteiger partial charge in [0.05, 0.1) is 24.8 Å². The topological polar surface area (TPSA) is 69.7 Å². The van der Waals surface area contributed by atoms with Gasteiger partial charge in [0.15, 0.2) is 18.1 Å². The van der Waals surface area contributed by atoms with Crippen LogP contribution in [0.3, 0.4) is 0 Å². The van der Waals surface area contributed by atoms with Crippen LogP contribution in [0, 0.1) is 0 Å². The van der Waals surface area contributed by atoms with Gasteiger partial charge in [-0.1, -0.05) is 6.07 Å². The third-order valence-electron chi connectivity index (χ3n) is 3.80. The Morgan fingerprint density at radius 1 is 1.07 bits per heavy atom. The molecule has 1 amide bonds. The van der Waals surface area contributed by atoms with E-state index in [9.17, 15) is 18.0 Å². The number of pyridine rings is 1. The summed E-state index contributed by atoms with van der Waals surface area (Å²) >= 11 is 0. The maximum absolute atomic E-state index is 12.4. The maximum Gasteiger partial charge on any atom is 0.422 e. The number of aromatic nitrogens is 1. The molecule has 1 heterocycles. The zero-order chi connectivity index (χ0) is 21.4. The van der Waals surface area contributed by atoms with E-state index in [0.717, 1.165) is 11.8 Å². The van der Waals surface area contributed by atoms with E-state index in [1.807, 2.05) is 19.9 Å². The number of nitrogens with one attached hydrogen (secondary N) is 1. The molecule has 1 atom stereocenters. The summed E-state index contributed by atoms with van der Waals surface area (Å²) in [4.78, 5) is 16.1. The molecule has 0 bridgehead atoms. The van der Waals surface area contributed by atoms with Gasteiger partial charge in [-0.05, 0) is 44.5 Å². The van der Waals surface area contributed by atoms with Gasteiger partial charge in [0.1, 0.15) is 0 Å². The molecule has 0 saturated heterocycles. The quantitative estimate of drug-likeness (QED) is 0.665. The van der Waals surface area contributed by atoms with Crippen LogP contribution in [0.25, 0.3) is 0 Å². The highest BCUT2D eigenvalue weighted by molar-refractivity contribution is 5.94. The van der Waals surface area contributed by atoms with Crippen LogP contribution in [0.4, 0.5) is 13.2 Å². The second kappa shape index (κ2) is 9.99. The van der Waals surface area contributed by atoms with Crippen LogP contribution in [0.1, 0.15) is 42.7 Å². The van der Waals surface area contributed by atoms with E-state index in [1.54, 1.807) is 19.1 Å². The van der Waals surface area contributed by atoms with E-state index in [4.69, 9.17) is 9.47 Å². The SMILES string of the molecule is CCOc1ccc(C(C)NC(=O)c2ccc(OCC(F)(F)F)nc2)cc1OCC. The maximum atomic E-state index is 12.4. The highest BCUT2D eigenvalue weighted by atomic mass is 19.4. The van der Waals surface area contributed by atoms with E-state index < -0.39 is 18.7 Å². The normalized spacial score (nSPS) is 12.2. The number of nitrogens with zero attached hydrogens (tertiary/aromatic N) is 1. The number of ether oxygens (including phenoxy) is 3. The molecule has 0 radical (unpaired) electrons. The van der Waals surface area contributed by atoms with Gasteiger partial charge in [-0.3, -0.25) is 4.79 Å². The van der Waals surface area contributed by atoms with Crippen LogP contribution >= 0.6 is 0 Å². The van der Waals surface area contributed by atoms with Crippen molar-refractivity contribution in [3.05, 3.63) is 47.7 Å². The van der Waals surface area contributed by atoms with Gasteiger partial charge in [-0.2, -0.15) is 13.2 Å². The average molecular weight is 412 g/mol. The van der Waals surface area contributed by atoms with Gasteiger partial charge in [-0.25, -0.2) is 4.98 Å². The fourth-order valence-corrected chi connectivity index (χ4v) is 2.46. The number of amides is 1. The van der Waals surface area contributed by atoms with Crippen molar-refractivity contribution in [3.63, 3.8) is 0 Å². The third-order valence-corrected chi connectivity index (χ3v) is 3.80. The predicted molar refractivity (Wildman–Crippen MR) is 100 cm³/mol. The molecule has 1 N–H and O–H groups in total. The summed E-state index contributed by atoms with van der Waals surface area (Å²) in [5, 5.41) is 2.81. The molecule has 2 rings (SSSR count). The minimum atomic E-state index is -4.45. The molecule has 0 fully saturated rings. The molecule has 1 aromatic heterocycles. The zero-order valence-corrected chi connectivity index (χ0v) is 16.4. The molecule has 0 aliphatic heterocycles. The lowest BCUT2D eigenvalue weighted by Crippen LogP contribution is -2.26. The Kier molecular flexibility index (Phi) is 7.69. The van der Waals surface area contributed by atoms with Gasteiger partial charge in [0, 0.05) is 12.3 Å². The minimum Gasteiger partial charge on any atom is -0.490 e. The molecule has 9 heteroatoms. The summed E-state index contributed by atoms with van der Waals surface area (Å²) in [5.74, 6) is 0.579. The molecule has 6 nitrogen and oxygen atoms in total. The van der Waals surface area contributed by atoms with E-state index in [0.29, 0.717) is 24.7 Å². The summed E-state index contributed by atoms with van der Waals surface area (Å²) in [5.41, 5.74) is 1.01. The molecular weight excluding hydrogens is 389 g/mol. The summed E-state index contributed by atoms with van der Waals surface area (Å²) in [6, 6.07) is 7.62. The van der Waals surface area contributed by atoms with E-state index in [2.05, 4.69) is 15.0 Å².